The molecule has 2 atom stereocenters. The molecule has 6 heteroatoms. The SMILES string of the molecule is CCCCC/C=C\C/C=C\CCCCCCCCCC(=O)OCCCCCCCCCCCCC/C=C\C/C=C\CCCCCCCCCCCCCCCCCCCC(=O)NC(CO)C(O)/C=C/CCCCCCCCCCCCCCCCCCCC. The minimum absolute atomic E-state index is 0.00900. The van der Waals surface area contributed by atoms with Gasteiger partial charge in [-0.05, 0) is 96.3 Å². The first-order chi connectivity index (χ1) is 44.0. The second kappa shape index (κ2) is 78.0. The molecule has 0 saturated heterocycles. The number of carbonyl (C=O) groups is 2. The lowest BCUT2D eigenvalue weighted by molar-refractivity contribution is -0.143. The molecule has 1 amide bonds. The van der Waals surface area contributed by atoms with Crippen LogP contribution in [-0.2, 0) is 14.3 Å². The number of carbonyl (C=O) groups excluding carboxylic acids is 2. The molecule has 0 fully saturated rings. The smallest absolute Gasteiger partial charge is 0.305 e. The molecule has 0 aromatic rings. The first-order valence-electron chi connectivity index (χ1n) is 40.1. The van der Waals surface area contributed by atoms with Crippen LogP contribution in [0.25, 0.3) is 0 Å². The van der Waals surface area contributed by atoms with Crippen molar-refractivity contribution in [3.05, 3.63) is 60.8 Å². The Morgan fingerprint density at radius 1 is 0.315 bits per heavy atom. The van der Waals surface area contributed by atoms with E-state index in [0.29, 0.717) is 19.4 Å². The molecular formula is C83H155NO5. The molecule has 0 saturated carbocycles. The Morgan fingerprint density at radius 2 is 0.562 bits per heavy atom. The van der Waals surface area contributed by atoms with E-state index in [9.17, 15) is 19.8 Å². The molecule has 0 rings (SSSR count). The van der Waals surface area contributed by atoms with Crippen LogP contribution in [0.5, 0.6) is 0 Å². The van der Waals surface area contributed by atoms with Gasteiger partial charge in [-0.1, -0.05) is 383 Å². The fourth-order valence-electron chi connectivity index (χ4n) is 12.4. The number of ether oxygens (including phenoxy) is 1. The fourth-order valence-corrected chi connectivity index (χ4v) is 12.4. The van der Waals surface area contributed by atoms with Gasteiger partial charge in [0.2, 0.25) is 5.91 Å². The number of aliphatic hydroxyl groups is 2. The fraction of sp³-hybridized carbons (Fsp3) is 0.855. The topological polar surface area (TPSA) is 95.9 Å². The van der Waals surface area contributed by atoms with Gasteiger partial charge in [-0.25, -0.2) is 0 Å². The number of nitrogens with one attached hydrogen (secondary N) is 1. The van der Waals surface area contributed by atoms with Crippen LogP contribution >= 0.6 is 0 Å². The number of hydrogen-bond donors (Lipinski definition) is 3. The maximum Gasteiger partial charge on any atom is 0.305 e. The summed E-state index contributed by atoms with van der Waals surface area (Å²) in [7, 11) is 0. The van der Waals surface area contributed by atoms with E-state index in [-0.39, 0.29) is 18.5 Å². The molecular weight excluding hydrogens is 1090 g/mol. The second-order valence-electron chi connectivity index (χ2n) is 27.4. The summed E-state index contributed by atoms with van der Waals surface area (Å²) in [5.74, 6) is -0.0530. The van der Waals surface area contributed by atoms with Crippen LogP contribution in [0.4, 0.5) is 0 Å². The van der Waals surface area contributed by atoms with Crippen molar-refractivity contribution in [2.24, 2.45) is 0 Å². The van der Waals surface area contributed by atoms with Gasteiger partial charge in [0.15, 0.2) is 0 Å². The third kappa shape index (κ3) is 74.5. The van der Waals surface area contributed by atoms with Crippen molar-refractivity contribution in [3.8, 4) is 0 Å². The van der Waals surface area contributed by atoms with Crippen molar-refractivity contribution in [2.75, 3.05) is 13.2 Å². The van der Waals surface area contributed by atoms with Gasteiger partial charge in [0.1, 0.15) is 0 Å². The molecule has 0 radical (unpaired) electrons. The van der Waals surface area contributed by atoms with Crippen LogP contribution < -0.4 is 5.32 Å². The Labute approximate surface area is 556 Å². The van der Waals surface area contributed by atoms with Gasteiger partial charge in [0.05, 0.1) is 25.4 Å². The van der Waals surface area contributed by atoms with E-state index in [0.717, 1.165) is 57.8 Å². The van der Waals surface area contributed by atoms with Crippen LogP contribution in [0.15, 0.2) is 60.8 Å². The Balaban J connectivity index is 3.39. The number of unbranched alkanes of at least 4 members (excludes halogenated alkanes) is 56. The summed E-state index contributed by atoms with van der Waals surface area (Å²) in [6, 6.07) is -0.628. The van der Waals surface area contributed by atoms with Crippen molar-refractivity contribution in [3.63, 3.8) is 0 Å². The normalized spacial score (nSPS) is 12.8. The number of aliphatic hydroxyl groups excluding tert-OH is 2. The summed E-state index contributed by atoms with van der Waals surface area (Å²) in [5.41, 5.74) is 0. The van der Waals surface area contributed by atoms with E-state index in [2.05, 4.69) is 67.8 Å². The highest BCUT2D eigenvalue weighted by molar-refractivity contribution is 5.76. The van der Waals surface area contributed by atoms with Gasteiger partial charge in [-0.15, -0.1) is 0 Å². The molecule has 3 N–H and O–H groups in total. The molecule has 2 unspecified atom stereocenters. The number of hydrogen-bond acceptors (Lipinski definition) is 5. The quantitative estimate of drug-likeness (QED) is 0.0320. The van der Waals surface area contributed by atoms with Gasteiger partial charge in [-0.2, -0.15) is 0 Å². The molecule has 89 heavy (non-hydrogen) atoms. The first-order valence-corrected chi connectivity index (χ1v) is 40.1. The third-order valence-corrected chi connectivity index (χ3v) is 18.5. The molecule has 0 aromatic heterocycles. The van der Waals surface area contributed by atoms with Crippen molar-refractivity contribution < 1.29 is 24.5 Å². The number of esters is 1. The van der Waals surface area contributed by atoms with E-state index in [1.807, 2.05) is 6.08 Å². The summed E-state index contributed by atoms with van der Waals surface area (Å²) in [4.78, 5) is 24.6. The Kier molecular flexibility index (Phi) is 75.9. The molecule has 0 heterocycles. The first kappa shape index (κ1) is 86.6. The monoisotopic (exact) mass is 1250 g/mol. The van der Waals surface area contributed by atoms with Crippen LogP contribution in [0.1, 0.15) is 431 Å². The van der Waals surface area contributed by atoms with Gasteiger partial charge < -0.3 is 20.3 Å². The maximum absolute atomic E-state index is 12.5. The molecule has 0 spiro atoms. The molecule has 0 aliphatic heterocycles. The van der Waals surface area contributed by atoms with Crippen LogP contribution in [0.2, 0.25) is 0 Å². The molecule has 6 nitrogen and oxygen atoms in total. The Morgan fingerprint density at radius 3 is 0.876 bits per heavy atom. The van der Waals surface area contributed by atoms with E-state index in [1.165, 1.54) is 347 Å². The predicted octanol–water partition coefficient (Wildman–Crippen LogP) is 26.5. The van der Waals surface area contributed by atoms with E-state index in [4.69, 9.17) is 4.74 Å². The van der Waals surface area contributed by atoms with Crippen LogP contribution in [0, 0.1) is 0 Å². The van der Waals surface area contributed by atoms with E-state index in [1.54, 1.807) is 6.08 Å². The van der Waals surface area contributed by atoms with Gasteiger partial charge >= 0.3 is 5.97 Å². The van der Waals surface area contributed by atoms with Gasteiger partial charge in [0, 0.05) is 12.8 Å². The van der Waals surface area contributed by atoms with Crippen LogP contribution in [0.3, 0.4) is 0 Å². The lowest BCUT2D eigenvalue weighted by Gasteiger charge is -2.20. The summed E-state index contributed by atoms with van der Waals surface area (Å²) >= 11 is 0. The largest absolute Gasteiger partial charge is 0.466 e. The predicted molar refractivity (Wildman–Crippen MR) is 393 cm³/mol. The van der Waals surface area contributed by atoms with Crippen molar-refractivity contribution >= 4 is 11.9 Å². The highest BCUT2D eigenvalue weighted by Crippen LogP contribution is 2.19. The maximum atomic E-state index is 12.5. The lowest BCUT2D eigenvalue weighted by Crippen LogP contribution is -2.45. The van der Waals surface area contributed by atoms with Crippen LogP contribution in [-0.4, -0.2) is 47.4 Å². The van der Waals surface area contributed by atoms with E-state index >= 15 is 0 Å². The minimum Gasteiger partial charge on any atom is -0.466 e. The highest BCUT2D eigenvalue weighted by Gasteiger charge is 2.18. The number of rotatable bonds is 75. The van der Waals surface area contributed by atoms with E-state index < -0.39 is 12.1 Å². The number of allylic oxidation sites excluding steroid dienone is 9. The summed E-state index contributed by atoms with van der Waals surface area (Å²) in [5, 5.41) is 23.3. The zero-order valence-electron chi connectivity index (χ0n) is 59.9. The molecule has 0 aromatic carbocycles. The average molecular weight is 1250 g/mol. The summed E-state index contributed by atoms with van der Waals surface area (Å²) in [6.45, 7) is 4.91. The summed E-state index contributed by atoms with van der Waals surface area (Å²) < 4.78 is 5.50. The van der Waals surface area contributed by atoms with Crippen molar-refractivity contribution in [1.29, 1.82) is 0 Å². The molecule has 522 valence electrons. The summed E-state index contributed by atoms with van der Waals surface area (Å²) in [6.07, 6.45) is 105. The highest BCUT2D eigenvalue weighted by atomic mass is 16.5. The number of amides is 1. The van der Waals surface area contributed by atoms with Gasteiger partial charge in [0.25, 0.3) is 0 Å². The Bertz CT molecular complexity index is 1530. The standard InChI is InChI=1S/C83H155NO5/c1-3-5-7-9-11-13-15-17-19-21-22-40-44-47-51-55-59-63-67-71-75-81(86)80(79-85)84-82(87)76-72-68-64-60-56-52-48-45-41-38-36-34-32-30-28-26-24-23-25-27-29-31-33-35-37-39-42-46-50-54-58-62-66-70-74-78-89-83(88)77-73-69-65-61-57-53-49-43-20-18-16-14-12-10-8-6-4-2/h12,14,18,20,25,27,31,33,71,75,80-81,85-86H,3-11,13,15-17,19,21-24,26,28-30,32,34-70,72-74,76-79H2,1-2H3,(H,84,87)/b14-12-,20-18-,27-25-,33-31-,75-71+. The lowest BCUT2D eigenvalue weighted by atomic mass is 10.0. The zero-order valence-corrected chi connectivity index (χ0v) is 59.9. The molecule has 0 aliphatic carbocycles. The zero-order chi connectivity index (χ0) is 64.2. The third-order valence-electron chi connectivity index (χ3n) is 18.5. The minimum atomic E-state index is -0.845. The van der Waals surface area contributed by atoms with Gasteiger partial charge in [-0.3, -0.25) is 9.59 Å². The Hall–Kier alpha value is -2.44. The van der Waals surface area contributed by atoms with Crippen molar-refractivity contribution in [2.45, 2.75) is 443 Å². The second-order valence-corrected chi connectivity index (χ2v) is 27.4. The van der Waals surface area contributed by atoms with Crippen molar-refractivity contribution in [1.82, 2.24) is 5.32 Å². The molecule has 0 bridgehead atoms. The molecule has 0 aliphatic rings. The average Bonchev–Trinajstić information content (AvgIpc) is 3.57.